The van der Waals surface area contributed by atoms with E-state index in [0.717, 1.165) is 5.56 Å². The minimum absolute atomic E-state index is 0.0408. The van der Waals surface area contributed by atoms with Crippen LogP contribution in [0, 0.1) is 0 Å². The fraction of sp³-hybridized carbons (Fsp3) is 0.346. The molecule has 1 atom stereocenters. The number of amides is 1. The number of hydrogen-bond donors (Lipinski definition) is 1. The third kappa shape index (κ3) is 4.97. The van der Waals surface area contributed by atoms with Gasteiger partial charge in [0, 0.05) is 26.1 Å². The molecular weight excluding hydrogens is 438 g/mol. The molecule has 1 aliphatic heterocycles. The van der Waals surface area contributed by atoms with Crippen LogP contribution in [0.5, 0.6) is 11.5 Å². The summed E-state index contributed by atoms with van der Waals surface area (Å²) in [5.41, 5.74) is 1.73. The molecule has 1 aliphatic rings. The normalized spacial score (nSPS) is 17.4. The molecule has 1 heterocycles. The molecule has 0 aliphatic carbocycles. The van der Waals surface area contributed by atoms with E-state index in [-0.39, 0.29) is 36.2 Å². The summed E-state index contributed by atoms with van der Waals surface area (Å²) in [7, 11) is 3.07. The molecule has 34 heavy (non-hydrogen) atoms. The van der Waals surface area contributed by atoms with E-state index in [0.29, 0.717) is 16.9 Å². The van der Waals surface area contributed by atoms with E-state index in [9.17, 15) is 19.5 Å². The number of carbonyl (C=O) groups is 3. The van der Waals surface area contributed by atoms with E-state index in [2.05, 4.69) is 0 Å². The van der Waals surface area contributed by atoms with Gasteiger partial charge in [-0.25, -0.2) is 0 Å². The monoisotopic (exact) mass is 467 g/mol. The summed E-state index contributed by atoms with van der Waals surface area (Å²) < 4.78 is 15.7. The molecule has 1 amide bonds. The predicted octanol–water partition coefficient (Wildman–Crippen LogP) is 3.81. The quantitative estimate of drug-likeness (QED) is 0.207. The predicted molar refractivity (Wildman–Crippen MR) is 126 cm³/mol. The van der Waals surface area contributed by atoms with Crippen LogP contribution in [0.3, 0.4) is 0 Å². The number of nitrogens with zero attached hydrogens (tertiary/aromatic N) is 1. The molecule has 8 nitrogen and oxygen atoms in total. The lowest BCUT2D eigenvalue weighted by molar-refractivity contribution is -0.140. The van der Waals surface area contributed by atoms with Crippen LogP contribution in [0.1, 0.15) is 49.4 Å². The summed E-state index contributed by atoms with van der Waals surface area (Å²) in [6.07, 6.45) is 0. The van der Waals surface area contributed by atoms with Crippen molar-refractivity contribution < 1.29 is 33.7 Å². The molecule has 2 aromatic carbocycles. The summed E-state index contributed by atoms with van der Waals surface area (Å²) in [6, 6.07) is 10.8. The molecule has 1 fully saturated rings. The maximum atomic E-state index is 13.1. The number of aliphatic hydroxyl groups is 1. The van der Waals surface area contributed by atoms with Gasteiger partial charge in [-0.15, -0.1) is 0 Å². The Hall–Kier alpha value is -3.65. The summed E-state index contributed by atoms with van der Waals surface area (Å²) >= 11 is 0. The van der Waals surface area contributed by atoms with E-state index in [1.165, 1.54) is 18.9 Å². The van der Waals surface area contributed by atoms with Crippen molar-refractivity contribution in [3.05, 3.63) is 64.7 Å². The van der Waals surface area contributed by atoms with Gasteiger partial charge in [-0.3, -0.25) is 14.4 Å². The summed E-state index contributed by atoms with van der Waals surface area (Å²) in [5.74, 6) is -1.28. The lowest BCUT2D eigenvalue weighted by atomic mass is 9.93. The van der Waals surface area contributed by atoms with Gasteiger partial charge < -0.3 is 24.2 Å². The van der Waals surface area contributed by atoms with Crippen molar-refractivity contribution in [3.63, 3.8) is 0 Å². The number of esters is 1. The number of Topliss-reactive ketones (excluding diaryl/α,β-unsaturated/α-hetero) is 1. The highest BCUT2D eigenvalue weighted by Gasteiger charge is 2.46. The number of methoxy groups -OCH3 is 2. The zero-order chi connectivity index (χ0) is 25.0. The van der Waals surface area contributed by atoms with Gasteiger partial charge in [0.25, 0.3) is 11.7 Å². The Balaban J connectivity index is 2.19. The smallest absolute Gasteiger partial charge is 0.308 e. The van der Waals surface area contributed by atoms with Crippen molar-refractivity contribution in [2.24, 2.45) is 0 Å². The fourth-order valence-corrected chi connectivity index (χ4v) is 4.05. The summed E-state index contributed by atoms with van der Waals surface area (Å²) in [4.78, 5) is 38.9. The summed E-state index contributed by atoms with van der Waals surface area (Å²) in [6.45, 7) is 5.61. The zero-order valence-corrected chi connectivity index (χ0v) is 20.0. The lowest BCUT2D eigenvalue weighted by Gasteiger charge is -2.25. The van der Waals surface area contributed by atoms with E-state index in [1.807, 2.05) is 13.8 Å². The zero-order valence-electron chi connectivity index (χ0n) is 20.0. The third-order valence-corrected chi connectivity index (χ3v) is 5.64. The van der Waals surface area contributed by atoms with Gasteiger partial charge >= 0.3 is 5.97 Å². The topological polar surface area (TPSA) is 102 Å². The van der Waals surface area contributed by atoms with Crippen LogP contribution in [0.2, 0.25) is 0 Å². The molecule has 1 saturated heterocycles. The number of likely N-dealkylation sites (tertiary alicyclic amines) is 1. The van der Waals surface area contributed by atoms with E-state index in [1.54, 1.807) is 49.6 Å². The van der Waals surface area contributed by atoms with E-state index >= 15 is 0 Å². The van der Waals surface area contributed by atoms with Crippen molar-refractivity contribution in [2.45, 2.75) is 32.7 Å². The Kier molecular flexibility index (Phi) is 7.73. The Labute approximate surface area is 198 Å². The number of ketones is 1. The maximum absolute atomic E-state index is 13.1. The van der Waals surface area contributed by atoms with Crippen LogP contribution >= 0.6 is 0 Å². The first kappa shape index (κ1) is 25.0. The second-order valence-electron chi connectivity index (χ2n) is 8.26. The minimum Gasteiger partial charge on any atom is -0.507 e. The van der Waals surface area contributed by atoms with Crippen LogP contribution in [0.25, 0.3) is 5.76 Å². The Morgan fingerprint density at radius 1 is 1.12 bits per heavy atom. The van der Waals surface area contributed by atoms with Gasteiger partial charge in [-0.2, -0.15) is 0 Å². The Bertz CT molecular complexity index is 1140. The van der Waals surface area contributed by atoms with E-state index in [4.69, 9.17) is 14.2 Å². The average molecular weight is 468 g/mol. The van der Waals surface area contributed by atoms with Gasteiger partial charge in [0.1, 0.15) is 17.3 Å². The van der Waals surface area contributed by atoms with Gasteiger partial charge in [-0.05, 0) is 47.4 Å². The lowest BCUT2D eigenvalue weighted by Crippen LogP contribution is -2.32. The third-order valence-electron chi connectivity index (χ3n) is 5.64. The van der Waals surface area contributed by atoms with Gasteiger partial charge in [0.2, 0.25) is 0 Å². The molecule has 180 valence electrons. The van der Waals surface area contributed by atoms with E-state index < -0.39 is 23.7 Å². The highest BCUT2D eigenvalue weighted by molar-refractivity contribution is 6.46. The summed E-state index contributed by atoms with van der Waals surface area (Å²) in [5, 5.41) is 11.3. The van der Waals surface area contributed by atoms with Crippen LogP contribution in [0.4, 0.5) is 0 Å². The Morgan fingerprint density at radius 3 is 2.47 bits per heavy atom. The van der Waals surface area contributed by atoms with Crippen molar-refractivity contribution in [1.82, 2.24) is 4.90 Å². The van der Waals surface area contributed by atoms with Crippen molar-refractivity contribution in [3.8, 4) is 11.5 Å². The molecule has 0 spiro atoms. The largest absolute Gasteiger partial charge is 0.507 e. The average Bonchev–Trinajstić information content (AvgIpc) is 3.06. The molecule has 0 bridgehead atoms. The first-order valence-electron chi connectivity index (χ1n) is 10.9. The molecule has 3 rings (SSSR count). The number of rotatable bonds is 8. The maximum Gasteiger partial charge on any atom is 0.308 e. The number of carbonyl (C=O) groups excluding carboxylic acids is 3. The molecule has 0 aromatic heterocycles. The second kappa shape index (κ2) is 10.5. The minimum atomic E-state index is -0.879. The second-order valence-corrected chi connectivity index (χ2v) is 8.26. The first-order valence-corrected chi connectivity index (χ1v) is 10.9. The molecule has 0 saturated carbocycles. The van der Waals surface area contributed by atoms with Crippen LogP contribution in [-0.4, -0.2) is 55.0 Å². The molecule has 8 heteroatoms. The fourth-order valence-electron chi connectivity index (χ4n) is 4.05. The highest BCUT2D eigenvalue weighted by atomic mass is 16.5. The number of hydrogen-bond acceptors (Lipinski definition) is 7. The number of benzene rings is 2. The Morgan fingerprint density at radius 2 is 1.85 bits per heavy atom. The standard InChI is InChI=1S/C26H29NO7/c1-15(2)20-14-18(9-10-21(20)33-5)24(29)22-23(27(11-12-32-4)26(31)25(22)30)17-7-6-8-19(13-17)34-16(3)28/h6-10,13-15,23,29H,11-12H2,1-5H3/b24-22+. The van der Waals surface area contributed by atoms with Crippen LogP contribution in [0.15, 0.2) is 48.0 Å². The SMILES string of the molecule is COCCN1C(=O)C(=O)/C(=C(/O)c2ccc(OC)c(C(C)C)c2)C1c1cccc(OC(C)=O)c1. The van der Waals surface area contributed by atoms with Crippen molar-refractivity contribution in [2.75, 3.05) is 27.4 Å². The first-order chi connectivity index (χ1) is 16.2. The number of aliphatic hydroxyl groups excluding tert-OH is 1. The number of ether oxygens (including phenoxy) is 3. The molecule has 1 unspecified atom stereocenters. The van der Waals surface area contributed by atoms with Crippen LogP contribution in [-0.2, 0) is 19.1 Å². The molecule has 2 aromatic rings. The molecule has 1 N–H and O–H groups in total. The molecule has 0 radical (unpaired) electrons. The van der Waals surface area contributed by atoms with Gasteiger partial charge in [0.05, 0.1) is 25.3 Å². The van der Waals surface area contributed by atoms with Gasteiger partial charge in [-0.1, -0.05) is 26.0 Å². The van der Waals surface area contributed by atoms with Crippen molar-refractivity contribution >= 4 is 23.4 Å². The van der Waals surface area contributed by atoms with Gasteiger partial charge in [0.15, 0.2) is 0 Å². The molecular formula is C26H29NO7. The van der Waals surface area contributed by atoms with Crippen LogP contribution < -0.4 is 9.47 Å². The highest BCUT2D eigenvalue weighted by Crippen LogP contribution is 2.41. The van der Waals surface area contributed by atoms with Crippen molar-refractivity contribution in [1.29, 1.82) is 0 Å².